The Morgan fingerprint density at radius 1 is 1.22 bits per heavy atom. The van der Waals surface area contributed by atoms with Gasteiger partial charge >= 0.3 is 0 Å². The molecule has 18 heavy (non-hydrogen) atoms. The SMILES string of the molecule is CC(C)CCCC(C)NC(=O)c1ccccc1Br. The summed E-state index contributed by atoms with van der Waals surface area (Å²) in [4.78, 5) is 12.0. The summed E-state index contributed by atoms with van der Waals surface area (Å²) in [5.41, 5.74) is 0.702. The summed E-state index contributed by atoms with van der Waals surface area (Å²) in [6.07, 6.45) is 3.42. The van der Waals surface area contributed by atoms with Gasteiger partial charge in [0.25, 0.3) is 5.91 Å². The first-order valence-electron chi connectivity index (χ1n) is 6.56. The largest absolute Gasteiger partial charge is 0.350 e. The van der Waals surface area contributed by atoms with E-state index >= 15 is 0 Å². The van der Waals surface area contributed by atoms with Crippen LogP contribution in [0.4, 0.5) is 0 Å². The number of carbonyl (C=O) groups excluding carboxylic acids is 1. The van der Waals surface area contributed by atoms with Gasteiger partial charge in [-0.2, -0.15) is 0 Å². The van der Waals surface area contributed by atoms with Crippen LogP contribution >= 0.6 is 15.9 Å². The van der Waals surface area contributed by atoms with Crippen LogP contribution in [0.3, 0.4) is 0 Å². The molecule has 1 N–H and O–H groups in total. The van der Waals surface area contributed by atoms with Crippen molar-refractivity contribution in [3.63, 3.8) is 0 Å². The Hall–Kier alpha value is -0.830. The van der Waals surface area contributed by atoms with Crippen LogP contribution in [-0.2, 0) is 0 Å². The molecule has 0 aliphatic heterocycles. The standard InChI is InChI=1S/C15H22BrNO/c1-11(2)7-6-8-12(3)17-15(18)13-9-4-5-10-14(13)16/h4-5,9-12H,6-8H2,1-3H3,(H,17,18). The number of benzene rings is 1. The van der Waals surface area contributed by atoms with E-state index in [1.54, 1.807) is 0 Å². The van der Waals surface area contributed by atoms with Gasteiger partial charge < -0.3 is 5.32 Å². The zero-order valence-electron chi connectivity index (χ0n) is 11.4. The van der Waals surface area contributed by atoms with Crippen molar-refractivity contribution in [2.75, 3.05) is 0 Å². The third-order valence-corrected chi connectivity index (χ3v) is 3.61. The minimum atomic E-state index is -0.000443. The van der Waals surface area contributed by atoms with E-state index in [9.17, 15) is 4.79 Å². The summed E-state index contributed by atoms with van der Waals surface area (Å²) in [6.45, 7) is 6.52. The van der Waals surface area contributed by atoms with Crippen LogP contribution in [0, 0.1) is 5.92 Å². The van der Waals surface area contributed by atoms with Gasteiger partial charge in [-0.3, -0.25) is 4.79 Å². The Bertz CT molecular complexity index is 390. The van der Waals surface area contributed by atoms with Crippen molar-refractivity contribution in [2.45, 2.75) is 46.1 Å². The van der Waals surface area contributed by atoms with Gasteiger partial charge in [-0.1, -0.05) is 38.8 Å². The van der Waals surface area contributed by atoms with Crippen molar-refractivity contribution in [1.82, 2.24) is 5.32 Å². The molecule has 1 rings (SSSR count). The second-order valence-corrected chi connectivity index (χ2v) is 6.03. The molecule has 0 bridgehead atoms. The molecule has 0 heterocycles. The average molecular weight is 312 g/mol. The lowest BCUT2D eigenvalue weighted by Crippen LogP contribution is -2.32. The Morgan fingerprint density at radius 2 is 1.89 bits per heavy atom. The molecule has 0 saturated heterocycles. The van der Waals surface area contributed by atoms with E-state index in [1.807, 2.05) is 24.3 Å². The maximum absolute atomic E-state index is 12.0. The third-order valence-electron chi connectivity index (χ3n) is 2.91. The minimum absolute atomic E-state index is 0.000443. The third kappa shape index (κ3) is 5.21. The predicted molar refractivity (Wildman–Crippen MR) is 79.8 cm³/mol. The fourth-order valence-corrected chi connectivity index (χ4v) is 2.32. The van der Waals surface area contributed by atoms with E-state index in [1.165, 1.54) is 6.42 Å². The lowest BCUT2D eigenvalue weighted by Gasteiger charge is -2.15. The zero-order chi connectivity index (χ0) is 13.5. The van der Waals surface area contributed by atoms with Crippen LogP contribution in [0.5, 0.6) is 0 Å². The molecule has 0 radical (unpaired) electrons. The van der Waals surface area contributed by atoms with Gasteiger partial charge in [0.2, 0.25) is 0 Å². The number of halogens is 1. The Balaban J connectivity index is 2.43. The number of hydrogen-bond acceptors (Lipinski definition) is 1. The first-order chi connectivity index (χ1) is 8.50. The molecule has 0 aromatic heterocycles. The number of nitrogens with one attached hydrogen (secondary N) is 1. The molecular weight excluding hydrogens is 290 g/mol. The molecule has 3 heteroatoms. The van der Waals surface area contributed by atoms with E-state index < -0.39 is 0 Å². The molecule has 100 valence electrons. The lowest BCUT2D eigenvalue weighted by atomic mass is 10.0. The fourth-order valence-electron chi connectivity index (χ4n) is 1.85. The maximum Gasteiger partial charge on any atom is 0.252 e. The molecule has 1 unspecified atom stereocenters. The smallest absolute Gasteiger partial charge is 0.252 e. The summed E-state index contributed by atoms with van der Waals surface area (Å²) >= 11 is 3.40. The quantitative estimate of drug-likeness (QED) is 0.829. The van der Waals surface area contributed by atoms with Crippen molar-refractivity contribution in [1.29, 1.82) is 0 Å². The Labute approximate surface area is 118 Å². The first kappa shape index (κ1) is 15.2. The van der Waals surface area contributed by atoms with Crippen LogP contribution in [0.2, 0.25) is 0 Å². The summed E-state index contributed by atoms with van der Waals surface area (Å²) in [7, 11) is 0. The Kier molecular flexibility index (Phi) is 6.41. The van der Waals surface area contributed by atoms with Crippen molar-refractivity contribution in [2.24, 2.45) is 5.92 Å². The number of rotatable bonds is 6. The van der Waals surface area contributed by atoms with E-state index in [4.69, 9.17) is 0 Å². The average Bonchev–Trinajstić information content (AvgIpc) is 2.28. The van der Waals surface area contributed by atoms with Gasteiger partial charge in [0.15, 0.2) is 0 Å². The highest BCUT2D eigenvalue weighted by molar-refractivity contribution is 9.10. The van der Waals surface area contributed by atoms with E-state index in [-0.39, 0.29) is 11.9 Å². The van der Waals surface area contributed by atoms with Crippen molar-refractivity contribution >= 4 is 21.8 Å². The van der Waals surface area contributed by atoms with Crippen LogP contribution in [-0.4, -0.2) is 11.9 Å². The molecule has 0 saturated carbocycles. The van der Waals surface area contributed by atoms with Crippen molar-refractivity contribution < 1.29 is 4.79 Å². The molecular formula is C15H22BrNO. The molecule has 0 aliphatic carbocycles. The Morgan fingerprint density at radius 3 is 2.50 bits per heavy atom. The van der Waals surface area contributed by atoms with Crippen LogP contribution in [0.15, 0.2) is 28.7 Å². The highest BCUT2D eigenvalue weighted by Gasteiger charge is 2.12. The summed E-state index contributed by atoms with van der Waals surface area (Å²) in [5, 5.41) is 3.04. The lowest BCUT2D eigenvalue weighted by molar-refractivity contribution is 0.0937. The van der Waals surface area contributed by atoms with Gasteiger partial charge in [0.1, 0.15) is 0 Å². The van der Waals surface area contributed by atoms with E-state index in [2.05, 4.69) is 42.0 Å². The van der Waals surface area contributed by atoms with Gasteiger partial charge in [0, 0.05) is 10.5 Å². The highest BCUT2D eigenvalue weighted by Crippen LogP contribution is 2.16. The normalized spacial score (nSPS) is 12.5. The molecule has 0 aliphatic rings. The maximum atomic E-state index is 12.0. The summed E-state index contributed by atoms with van der Waals surface area (Å²) in [5.74, 6) is 0.732. The minimum Gasteiger partial charge on any atom is -0.350 e. The molecule has 0 spiro atoms. The topological polar surface area (TPSA) is 29.1 Å². The fraction of sp³-hybridized carbons (Fsp3) is 0.533. The zero-order valence-corrected chi connectivity index (χ0v) is 13.0. The van der Waals surface area contributed by atoms with Gasteiger partial charge in [-0.25, -0.2) is 0 Å². The molecule has 1 aromatic rings. The van der Waals surface area contributed by atoms with Gasteiger partial charge in [-0.05, 0) is 47.3 Å². The van der Waals surface area contributed by atoms with Crippen LogP contribution in [0.1, 0.15) is 50.4 Å². The number of carbonyl (C=O) groups is 1. The van der Waals surface area contributed by atoms with Crippen LogP contribution in [0.25, 0.3) is 0 Å². The summed E-state index contributed by atoms with van der Waals surface area (Å²) < 4.78 is 0.844. The second-order valence-electron chi connectivity index (χ2n) is 5.18. The second kappa shape index (κ2) is 7.57. The highest BCUT2D eigenvalue weighted by atomic mass is 79.9. The molecule has 1 aromatic carbocycles. The monoisotopic (exact) mass is 311 g/mol. The van der Waals surface area contributed by atoms with Gasteiger partial charge in [-0.15, -0.1) is 0 Å². The predicted octanol–water partition coefficient (Wildman–Crippen LogP) is 4.39. The molecule has 0 fully saturated rings. The van der Waals surface area contributed by atoms with E-state index in [0.717, 1.165) is 23.2 Å². The molecule has 2 nitrogen and oxygen atoms in total. The van der Waals surface area contributed by atoms with Gasteiger partial charge in [0.05, 0.1) is 5.56 Å². The van der Waals surface area contributed by atoms with E-state index in [0.29, 0.717) is 5.56 Å². The molecule has 1 amide bonds. The summed E-state index contributed by atoms with van der Waals surface area (Å²) in [6, 6.07) is 7.73. The van der Waals surface area contributed by atoms with Crippen molar-refractivity contribution in [3.05, 3.63) is 34.3 Å². The molecule has 1 atom stereocenters. The van der Waals surface area contributed by atoms with Crippen molar-refractivity contribution in [3.8, 4) is 0 Å². The van der Waals surface area contributed by atoms with Crippen LogP contribution < -0.4 is 5.32 Å². The number of hydrogen-bond donors (Lipinski definition) is 1. The first-order valence-corrected chi connectivity index (χ1v) is 7.35. The number of amides is 1.